The zero-order chi connectivity index (χ0) is 17.9. The van der Waals surface area contributed by atoms with Crippen molar-refractivity contribution < 1.29 is 18.5 Å². The molecule has 1 unspecified atom stereocenters. The minimum absolute atomic E-state index is 0.152. The second-order valence-electron chi connectivity index (χ2n) is 6.18. The molecule has 0 bridgehead atoms. The van der Waals surface area contributed by atoms with E-state index in [2.05, 4.69) is 10.1 Å². The molecule has 1 amide bonds. The topological polar surface area (TPSA) is 81.6 Å². The van der Waals surface area contributed by atoms with Crippen molar-refractivity contribution in [2.24, 2.45) is 0 Å². The number of rotatable bonds is 4. The summed E-state index contributed by atoms with van der Waals surface area (Å²) < 4.78 is 16.0. The van der Waals surface area contributed by atoms with Gasteiger partial charge in [0.05, 0.1) is 13.4 Å². The van der Waals surface area contributed by atoms with Crippen LogP contribution < -0.4 is 4.74 Å². The molecule has 0 aliphatic carbocycles. The first kappa shape index (κ1) is 16.4. The van der Waals surface area contributed by atoms with Crippen molar-refractivity contribution in [3.05, 3.63) is 54.3 Å². The summed E-state index contributed by atoms with van der Waals surface area (Å²) in [5.74, 6) is 1.82. The van der Waals surface area contributed by atoms with Gasteiger partial charge < -0.3 is 18.6 Å². The van der Waals surface area contributed by atoms with E-state index in [4.69, 9.17) is 13.7 Å². The van der Waals surface area contributed by atoms with Crippen LogP contribution in [0.5, 0.6) is 5.75 Å². The van der Waals surface area contributed by atoms with Crippen molar-refractivity contribution in [1.82, 2.24) is 15.0 Å². The van der Waals surface area contributed by atoms with Gasteiger partial charge in [0.1, 0.15) is 11.8 Å². The number of furan rings is 1. The number of methoxy groups -OCH3 is 1. The second-order valence-corrected chi connectivity index (χ2v) is 6.18. The number of carbonyl (C=O) groups is 1. The predicted octanol–water partition coefficient (Wildman–Crippen LogP) is 3.71. The average Bonchev–Trinajstić information content (AvgIpc) is 3.39. The number of likely N-dealkylation sites (tertiary alicyclic amines) is 1. The van der Waals surface area contributed by atoms with E-state index in [9.17, 15) is 4.79 Å². The smallest absolute Gasteiger partial charge is 0.290 e. The van der Waals surface area contributed by atoms with Crippen LogP contribution in [-0.4, -0.2) is 34.6 Å². The van der Waals surface area contributed by atoms with Gasteiger partial charge >= 0.3 is 0 Å². The van der Waals surface area contributed by atoms with Gasteiger partial charge in [-0.3, -0.25) is 4.79 Å². The quantitative estimate of drug-likeness (QED) is 0.711. The molecular weight excluding hydrogens is 334 g/mol. The Morgan fingerprint density at radius 1 is 1.27 bits per heavy atom. The highest BCUT2D eigenvalue weighted by molar-refractivity contribution is 5.91. The van der Waals surface area contributed by atoms with Crippen LogP contribution in [0.15, 0.2) is 51.6 Å². The monoisotopic (exact) mass is 353 g/mol. The van der Waals surface area contributed by atoms with Crippen molar-refractivity contribution in [1.29, 1.82) is 0 Å². The summed E-state index contributed by atoms with van der Waals surface area (Å²) in [6.07, 6.45) is 4.23. The molecule has 1 atom stereocenters. The Morgan fingerprint density at radius 2 is 2.19 bits per heavy atom. The standard InChI is InChI=1S/C19H19N3O4/c1-24-14-7-4-6-13(12-14)17-20-18(26-21-17)15-8-2-3-10-22(15)19(23)16-9-5-11-25-16/h4-7,9,11-12,15H,2-3,8,10H2,1H3. The SMILES string of the molecule is COc1cccc(-c2noc(C3CCCCN3C(=O)c3ccco3)n2)c1. The molecule has 7 heteroatoms. The van der Waals surface area contributed by atoms with Crippen molar-refractivity contribution in [3.8, 4) is 17.1 Å². The Labute approximate surface area is 150 Å². The molecule has 0 radical (unpaired) electrons. The van der Waals surface area contributed by atoms with Gasteiger partial charge in [-0.1, -0.05) is 17.3 Å². The van der Waals surface area contributed by atoms with Crippen LogP contribution in [0.2, 0.25) is 0 Å². The van der Waals surface area contributed by atoms with E-state index < -0.39 is 0 Å². The van der Waals surface area contributed by atoms with Crippen molar-refractivity contribution >= 4 is 5.91 Å². The highest BCUT2D eigenvalue weighted by Crippen LogP contribution is 2.32. The van der Waals surface area contributed by atoms with Gasteiger partial charge in [-0.25, -0.2) is 0 Å². The summed E-state index contributed by atoms with van der Waals surface area (Å²) in [5.41, 5.74) is 0.805. The molecule has 1 aliphatic rings. The van der Waals surface area contributed by atoms with E-state index >= 15 is 0 Å². The van der Waals surface area contributed by atoms with Gasteiger partial charge in [0.2, 0.25) is 11.7 Å². The van der Waals surface area contributed by atoms with Crippen LogP contribution in [0, 0.1) is 0 Å². The van der Waals surface area contributed by atoms with Crippen LogP contribution in [-0.2, 0) is 0 Å². The van der Waals surface area contributed by atoms with Crippen LogP contribution in [0.3, 0.4) is 0 Å². The number of piperidine rings is 1. The minimum Gasteiger partial charge on any atom is -0.497 e. The Kier molecular flexibility index (Phi) is 4.43. The van der Waals surface area contributed by atoms with Crippen molar-refractivity contribution in [3.63, 3.8) is 0 Å². The van der Waals surface area contributed by atoms with Gasteiger partial charge in [0.15, 0.2) is 5.76 Å². The lowest BCUT2D eigenvalue weighted by Gasteiger charge is -2.32. The molecule has 3 aromatic rings. The summed E-state index contributed by atoms with van der Waals surface area (Å²) in [6.45, 7) is 0.640. The van der Waals surface area contributed by atoms with Gasteiger partial charge in [-0.05, 0) is 43.5 Å². The first-order valence-corrected chi connectivity index (χ1v) is 8.59. The van der Waals surface area contributed by atoms with Crippen molar-refractivity contribution in [2.45, 2.75) is 25.3 Å². The molecule has 2 aromatic heterocycles. The summed E-state index contributed by atoms with van der Waals surface area (Å²) in [4.78, 5) is 19.0. The molecule has 0 saturated carbocycles. The third-order valence-corrected chi connectivity index (χ3v) is 4.55. The van der Waals surface area contributed by atoms with Crippen molar-refractivity contribution in [2.75, 3.05) is 13.7 Å². The van der Waals surface area contributed by atoms with Crippen LogP contribution >= 0.6 is 0 Å². The molecule has 1 aromatic carbocycles. The molecular formula is C19H19N3O4. The average molecular weight is 353 g/mol. The number of benzene rings is 1. The van der Waals surface area contributed by atoms with E-state index in [-0.39, 0.29) is 11.9 Å². The summed E-state index contributed by atoms with van der Waals surface area (Å²) in [7, 11) is 1.61. The van der Waals surface area contributed by atoms with Gasteiger partial charge in [-0.15, -0.1) is 0 Å². The molecule has 1 fully saturated rings. The van der Waals surface area contributed by atoms with E-state index in [1.807, 2.05) is 24.3 Å². The first-order chi connectivity index (χ1) is 12.8. The maximum atomic E-state index is 12.7. The van der Waals surface area contributed by atoms with Crippen LogP contribution in [0.25, 0.3) is 11.4 Å². The van der Waals surface area contributed by atoms with Gasteiger partial charge in [0.25, 0.3) is 5.91 Å². The molecule has 3 heterocycles. The molecule has 0 spiro atoms. The Hall–Kier alpha value is -3.09. The number of carbonyl (C=O) groups excluding carboxylic acids is 1. The molecule has 134 valence electrons. The Balaban J connectivity index is 1.61. The van der Waals surface area contributed by atoms with E-state index in [0.717, 1.165) is 30.6 Å². The number of nitrogens with zero attached hydrogens (tertiary/aromatic N) is 3. The second kappa shape index (κ2) is 7.03. The fourth-order valence-corrected chi connectivity index (χ4v) is 3.22. The highest BCUT2D eigenvalue weighted by atomic mass is 16.5. The molecule has 1 saturated heterocycles. The Bertz CT molecular complexity index is 888. The summed E-state index contributed by atoms with van der Waals surface area (Å²) in [5, 5.41) is 4.09. The minimum atomic E-state index is -0.242. The third kappa shape index (κ3) is 3.08. The van der Waals surface area contributed by atoms with E-state index in [1.54, 1.807) is 24.1 Å². The number of hydrogen-bond donors (Lipinski definition) is 0. The number of ether oxygens (including phenoxy) is 1. The zero-order valence-electron chi connectivity index (χ0n) is 14.4. The lowest BCUT2D eigenvalue weighted by molar-refractivity contribution is 0.0529. The highest BCUT2D eigenvalue weighted by Gasteiger charge is 2.33. The predicted molar refractivity (Wildman–Crippen MR) is 92.6 cm³/mol. The summed E-state index contributed by atoms with van der Waals surface area (Å²) >= 11 is 0. The zero-order valence-corrected chi connectivity index (χ0v) is 14.4. The fraction of sp³-hybridized carbons (Fsp3) is 0.316. The number of amides is 1. The molecule has 1 aliphatic heterocycles. The maximum Gasteiger partial charge on any atom is 0.290 e. The molecule has 7 nitrogen and oxygen atoms in total. The lowest BCUT2D eigenvalue weighted by Crippen LogP contribution is -2.38. The lowest BCUT2D eigenvalue weighted by atomic mass is 10.0. The van der Waals surface area contributed by atoms with Crippen LogP contribution in [0.1, 0.15) is 41.7 Å². The van der Waals surface area contributed by atoms with Gasteiger partial charge in [-0.2, -0.15) is 4.98 Å². The first-order valence-electron chi connectivity index (χ1n) is 8.59. The fourth-order valence-electron chi connectivity index (χ4n) is 3.22. The number of aromatic nitrogens is 2. The maximum absolute atomic E-state index is 12.7. The van der Waals surface area contributed by atoms with Crippen LogP contribution in [0.4, 0.5) is 0 Å². The normalized spacial score (nSPS) is 17.3. The third-order valence-electron chi connectivity index (χ3n) is 4.55. The van der Waals surface area contributed by atoms with E-state index in [1.165, 1.54) is 6.26 Å². The molecule has 4 rings (SSSR count). The largest absolute Gasteiger partial charge is 0.497 e. The number of hydrogen-bond acceptors (Lipinski definition) is 6. The Morgan fingerprint density at radius 3 is 3.00 bits per heavy atom. The summed E-state index contributed by atoms with van der Waals surface area (Å²) in [6, 6.07) is 10.6. The molecule has 0 N–H and O–H groups in total. The van der Waals surface area contributed by atoms with E-state index in [0.29, 0.717) is 24.0 Å². The molecule has 26 heavy (non-hydrogen) atoms. The van der Waals surface area contributed by atoms with Gasteiger partial charge in [0, 0.05) is 12.1 Å².